The summed E-state index contributed by atoms with van der Waals surface area (Å²) in [6.07, 6.45) is 4.71. The van der Waals surface area contributed by atoms with Crippen LogP contribution in [0.4, 0.5) is 0 Å². The Bertz CT molecular complexity index is 469. The molecule has 0 aliphatic rings. The first-order chi connectivity index (χ1) is 8.89. The second-order valence-electron chi connectivity index (χ2n) is 3.95. The van der Waals surface area contributed by atoms with E-state index in [1.807, 2.05) is 6.07 Å². The van der Waals surface area contributed by atoms with E-state index in [0.29, 0.717) is 0 Å². The molecule has 5 nitrogen and oxygen atoms in total. The predicted molar refractivity (Wildman–Crippen MR) is 74.3 cm³/mol. The average molecular weight is 287 g/mol. The summed E-state index contributed by atoms with van der Waals surface area (Å²) < 4.78 is 33.3. The number of hydrogen-bond acceptors (Lipinski definition) is 4. The van der Waals surface area contributed by atoms with E-state index >= 15 is 0 Å². The molecule has 0 saturated carbocycles. The average Bonchev–Trinajstić information content (AvgIpc) is 2.37. The fourth-order valence-electron chi connectivity index (χ4n) is 1.27. The third kappa shape index (κ3) is 11.6. The molecule has 0 radical (unpaired) electrons. The van der Waals surface area contributed by atoms with Crippen molar-refractivity contribution in [2.24, 2.45) is 0 Å². The lowest BCUT2D eigenvalue weighted by molar-refractivity contribution is -0.492. The minimum Gasteiger partial charge on any atom is -0.726 e. The second kappa shape index (κ2) is 9.66. The standard InChI is InChI=1S/C12H18N.CH4O4S/c1-3-4-10-13(2)11-12-8-6-5-7-9-12;1-5-6(2,3)4/h5-9,11H,3-4,10H2,1-2H3;1H3,(H,2,3,4)/q+1;/p-1. The minimum atomic E-state index is -4.41. The van der Waals surface area contributed by atoms with E-state index in [1.165, 1.54) is 18.4 Å². The highest BCUT2D eigenvalue weighted by atomic mass is 32.3. The van der Waals surface area contributed by atoms with E-state index < -0.39 is 10.4 Å². The molecule has 0 N–H and O–H groups in total. The van der Waals surface area contributed by atoms with Gasteiger partial charge in [0.2, 0.25) is 10.4 Å². The lowest BCUT2D eigenvalue weighted by Gasteiger charge is -1.98. The van der Waals surface area contributed by atoms with Crippen LogP contribution in [0.5, 0.6) is 0 Å². The van der Waals surface area contributed by atoms with Crippen LogP contribution in [0.3, 0.4) is 0 Å². The predicted octanol–water partition coefficient (Wildman–Crippen LogP) is 1.64. The lowest BCUT2D eigenvalue weighted by atomic mass is 10.2. The van der Waals surface area contributed by atoms with Crippen molar-refractivity contribution < 1.29 is 21.7 Å². The molecule has 0 fully saturated rings. The van der Waals surface area contributed by atoms with Crippen LogP contribution in [0.2, 0.25) is 0 Å². The van der Waals surface area contributed by atoms with Gasteiger partial charge in [0.25, 0.3) is 0 Å². The van der Waals surface area contributed by atoms with Gasteiger partial charge in [-0.2, -0.15) is 0 Å². The molecule has 0 aliphatic carbocycles. The van der Waals surface area contributed by atoms with Crippen LogP contribution >= 0.6 is 0 Å². The van der Waals surface area contributed by atoms with Gasteiger partial charge in [0.1, 0.15) is 13.6 Å². The first-order valence-electron chi connectivity index (χ1n) is 6.00. The first-order valence-corrected chi connectivity index (χ1v) is 7.34. The van der Waals surface area contributed by atoms with Crippen molar-refractivity contribution >= 4 is 16.6 Å². The Morgan fingerprint density at radius 2 is 1.84 bits per heavy atom. The highest BCUT2D eigenvalue weighted by Gasteiger charge is 1.95. The normalized spacial score (nSPS) is 11.7. The fourth-order valence-corrected chi connectivity index (χ4v) is 1.27. The van der Waals surface area contributed by atoms with Gasteiger partial charge >= 0.3 is 0 Å². The van der Waals surface area contributed by atoms with E-state index in [2.05, 4.69) is 53.2 Å². The van der Waals surface area contributed by atoms with Gasteiger partial charge in [0.05, 0.1) is 7.11 Å². The summed E-state index contributed by atoms with van der Waals surface area (Å²) in [7, 11) is -1.48. The summed E-state index contributed by atoms with van der Waals surface area (Å²) in [4.78, 5) is 0. The lowest BCUT2D eigenvalue weighted by Crippen LogP contribution is -2.09. The molecule has 0 amide bonds. The van der Waals surface area contributed by atoms with E-state index in [1.54, 1.807) is 0 Å². The zero-order valence-electron chi connectivity index (χ0n) is 11.6. The summed E-state index contributed by atoms with van der Waals surface area (Å²) in [5.74, 6) is 0. The van der Waals surface area contributed by atoms with Gasteiger partial charge in [-0.05, 0) is 12.1 Å². The van der Waals surface area contributed by atoms with Crippen LogP contribution in [-0.2, 0) is 14.6 Å². The maximum absolute atomic E-state index is 9.22. The smallest absolute Gasteiger partial charge is 0.217 e. The van der Waals surface area contributed by atoms with Gasteiger partial charge < -0.3 is 4.55 Å². The van der Waals surface area contributed by atoms with Crippen molar-refractivity contribution in [1.29, 1.82) is 0 Å². The number of benzene rings is 1. The minimum absolute atomic E-state index is 0.808. The highest BCUT2D eigenvalue weighted by molar-refractivity contribution is 7.80. The molecule has 0 unspecified atom stereocenters. The van der Waals surface area contributed by atoms with Crippen LogP contribution < -0.4 is 0 Å². The molecule has 108 valence electrons. The Labute approximate surface area is 115 Å². The molecule has 0 aromatic heterocycles. The van der Waals surface area contributed by atoms with Crippen molar-refractivity contribution in [3.05, 3.63) is 35.9 Å². The van der Waals surface area contributed by atoms with E-state index in [-0.39, 0.29) is 0 Å². The summed E-state index contributed by atoms with van der Waals surface area (Å²) in [6, 6.07) is 10.4. The van der Waals surface area contributed by atoms with Crippen molar-refractivity contribution in [2.75, 3.05) is 20.7 Å². The monoisotopic (exact) mass is 287 g/mol. The molecule has 1 aromatic carbocycles. The van der Waals surface area contributed by atoms with Crippen molar-refractivity contribution in [2.45, 2.75) is 19.8 Å². The maximum atomic E-state index is 9.22. The first kappa shape index (κ1) is 17.8. The quantitative estimate of drug-likeness (QED) is 0.357. The van der Waals surface area contributed by atoms with E-state index in [0.717, 1.165) is 13.7 Å². The van der Waals surface area contributed by atoms with Crippen LogP contribution in [0.1, 0.15) is 25.3 Å². The van der Waals surface area contributed by atoms with Gasteiger partial charge in [0.15, 0.2) is 6.21 Å². The molecule has 0 saturated heterocycles. The van der Waals surface area contributed by atoms with Gasteiger partial charge in [-0.15, -0.1) is 0 Å². The molecule has 19 heavy (non-hydrogen) atoms. The van der Waals surface area contributed by atoms with Crippen LogP contribution in [0, 0.1) is 0 Å². The van der Waals surface area contributed by atoms with Gasteiger partial charge in [0, 0.05) is 12.0 Å². The number of nitrogens with zero attached hydrogens (tertiary/aromatic N) is 1. The molecule has 6 heteroatoms. The summed E-state index contributed by atoms with van der Waals surface area (Å²) in [6.45, 7) is 3.36. The Balaban J connectivity index is 0.000000459. The molecule has 1 aromatic rings. The van der Waals surface area contributed by atoms with E-state index in [9.17, 15) is 13.0 Å². The van der Waals surface area contributed by atoms with Gasteiger partial charge in [-0.25, -0.2) is 13.0 Å². The van der Waals surface area contributed by atoms with Crippen molar-refractivity contribution in [1.82, 2.24) is 0 Å². The number of hydrogen-bond donors (Lipinski definition) is 0. The van der Waals surface area contributed by atoms with Crippen LogP contribution in [0.25, 0.3) is 0 Å². The molecule has 0 spiro atoms. The Morgan fingerprint density at radius 3 is 2.26 bits per heavy atom. The number of unbranched alkanes of at least 4 members (excludes halogenated alkanes) is 1. The maximum Gasteiger partial charge on any atom is 0.217 e. The van der Waals surface area contributed by atoms with E-state index in [4.69, 9.17) is 0 Å². The van der Waals surface area contributed by atoms with Crippen molar-refractivity contribution in [3.8, 4) is 0 Å². The molecular weight excluding hydrogens is 266 g/mol. The van der Waals surface area contributed by atoms with Crippen LogP contribution in [-0.4, -0.2) is 44.5 Å². The molecule has 0 aliphatic heterocycles. The third-order valence-electron chi connectivity index (χ3n) is 2.24. The zero-order chi connectivity index (χ0) is 14.7. The third-order valence-corrected chi connectivity index (χ3v) is 2.65. The topological polar surface area (TPSA) is 69.4 Å². The largest absolute Gasteiger partial charge is 0.726 e. The Kier molecular flexibility index (Phi) is 9.03. The van der Waals surface area contributed by atoms with Gasteiger partial charge in [-0.1, -0.05) is 31.5 Å². The molecule has 0 atom stereocenters. The molecule has 0 heterocycles. The van der Waals surface area contributed by atoms with Gasteiger partial charge in [-0.3, -0.25) is 4.18 Å². The molecule has 1 rings (SSSR count). The summed E-state index contributed by atoms with van der Waals surface area (Å²) >= 11 is 0. The SMILES string of the molecule is CCCC[N+](C)=Cc1ccccc1.COS(=O)(=O)[O-]. The summed E-state index contributed by atoms with van der Waals surface area (Å²) in [5.41, 5.74) is 1.28. The Hall–Kier alpha value is -1.24. The van der Waals surface area contributed by atoms with Crippen molar-refractivity contribution in [3.63, 3.8) is 0 Å². The zero-order valence-corrected chi connectivity index (χ0v) is 12.4. The summed E-state index contributed by atoms with van der Waals surface area (Å²) in [5, 5.41) is 0. The fraction of sp³-hybridized carbons (Fsp3) is 0.462. The highest BCUT2D eigenvalue weighted by Crippen LogP contribution is 1.94. The molecule has 0 bridgehead atoms. The number of rotatable bonds is 5. The second-order valence-corrected chi connectivity index (χ2v) is 5.10. The van der Waals surface area contributed by atoms with Crippen LogP contribution in [0.15, 0.2) is 30.3 Å². The Morgan fingerprint density at radius 1 is 1.32 bits per heavy atom. The molecular formula is C13H21NO4S.